The Labute approximate surface area is 243 Å². The lowest BCUT2D eigenvalue weighted by atomic mass is 10.2. The number of nitrogens with one attached hydrogen (secondary N) is 3. The third kappa shape index (κ3) is 6.59. The minimum atomic E-state index is -0.944. The van der Waals surface area contributed by atoms with Crippen LogP contribution in [0.1, 0.15) is 42.7 Å². The Kier molecular flexibility index (Phi) is 9.00. The average Bonchev–Trinajstić information content (AvgIpc) is 2.95. The third-order valence-electron chi connectivity index (χ3n) is 6.27. The van der Waals surface area contributed by atoms with Crippen LogP contribution < -0.4 is 32.4 Å². The second-order valence-corrected chi connectivity index (χ2v) is 9.82. The van der Waals surface area contributed by atoms with E-state index in [1.807, 2.05) is 0 Å². The van der Waals surface area contributed by atoms with E-state index in [-0.39, 0.29) is 46.7 Å². The van der Waals surface area contributed by atoms with E-state index in [1.54, 1.807) is 20.8 Å². The van der Waals surface area contributed by atoms with Crippen LogP contribution in [0.3, 0.4) is 0 Å². The molecule has 12 nitrogen and oxygen atoms in total. The number of amidine groups is 1. The summed E-state index contributed by atoms with van der Waals surface area (Å²) in [6.45, 7) is 4.76. The molecular formula is C29H29F2N7O5. The molecule has 0 spiro atoms. The van der Waals surface area contributed by atoms with Crippen LogP contribution in [0.2, 0.25) is 0 Å². The molecule has 1 atom stereocenters. The van der Waals surface area contributed by atoms with Gasteiger partial charge in [0.25, 0.3) is 11.5 Å². The van der Waals surface area contributed by atoms with Gasteiger partial charge >= 0.3 is 5.69 Å². The number of halogens is 2. The summed E-state index contributed by atoms with van der Waals surface area (Å²) in [5.41, 5.74) is 3.96. The number of hydrogen-bond donors (Lipinski definition) is 5. The van der Waals surface area contributed by atoms with Crippen molar-refractivity contribution in [1.29, 1.82) is 5.41 Å². The molecule has 0 radical (unpaired) electrons. The number of nitrogen functional groups attached to an aromatic ring is 1. The van der Waals surface area contributed by atoms with Gasteiger partial charge in [-0.2, -0.15) is 0 Å². The highest BCUT2D eigenvalue weighted by atomic mass is 19.1. The molecule has 2 aromatic carbocycles. The van der Waals surface area contributed by atoms with Crippen LogP contribution in [0.5, 0.6) is 11.5 Å². The summed E-state index contributed by atoms with van der Waals surface area (Å²) in [6.07, 6.45) is 2.44. The van der Waals surface area contributed by atoms with E-state index in [1.165, 1.54) is 41.1 Å². The first kappa shape index (κ1) is 30.6. The summed E-state index contributed by atoms with van der Waals surface area (Å²) in [6, 6.07) is 8.64. The predicted molar refractivity (Wildman–Crippen MR) is 156 cm³/mol. The number of aliphatic hydroxyl groups excluding tert-OH is 1. The first-order valence-corrected chi connectivity index (χ1v) is 13.0. The lowest BCUT2D eigenvalue weighted by Gasteiger charge is -2.18. The topological polar surface area (TPSA) is 177 Å². The van der Waals surface area contributed by atoms with Gasteiger partial charge in [-0.05, 0) is 57.2 Å². The molecule has 43 heavy (non-hydrogen) atoms. The smallest absolute Gasteiger partial charge is 0.335 e. The third-order valence-corrected chi connectivity index (χ3v) is 6.27. The monoisotopic (exact) mass is 593 g/mol. The van der Waals surface area contributed by atoms with E-state index in [0.717, 1.165) is 29.0 Å². The van der Waals surface area contributed by atoms with Gasteiger partial charge < -0.3 is 26.2 Å². The van der Waals surface area contributed by atoms with Crippen LogP contribution in [0, 0.1) is 17.0 Å². The molecule has 4 aromatic rings. The molecular weight excluding hydrogens is 564 g/mol. The van der Waals surface area contributed by atoms with Crippen LogP contribution >= 0.6 is 0 Å². The van der Waals surface area contributed by atoms with Gasteiger partial charge in [0.15, 0.2) is 11.6 Å². The molecule has 14 heteroatoms. The maximum atomic E-state index is 15.1. The van der Waals surface area contributed by atoms with Crippen molar-refractivity contribution >= 4 is 23.2 Å². The van der Waals surface area contributed by atoms with E-state index in [4.69, 9.17) is 15.9 Å². The Morgan fingerprint density at radius 1 is 1.09 bits per heavy atom. The summed E-state index contributed by atoms with van der Waals surface area (Å²) in [5.74, 6) is -2.87. The number of ether oxygens (including phenoxy) is 1. The van der Waals surface area contributed by atoms with Crippen molar-refractivity contribution in [2.24, 2.45) is 0 Å². The van der Waals surface area contributed by atoms with Crippen molar-refractivity contribution in [2.75, 3.05) is 17.7 Å². The second-order valence-electron chi connectivity index (χ2n) is 9.82. The average molecular weight is 594 g/mol. The van der Waals surface area contributed by atoms with Crippen molar-refractivity contribution in [3.63, 3.8) is 0 Å². The SMILES string of the molecule is CC(C)n1cc(C(=O)Nc2ccc(Oc3ccnc(N)c3C(=N)N[C@H](C)CO)c(F)c2)c(=O)n(-c2ccc(F)cc2)c1=O. The van der Waals surface area contributed by atoms with E-state index in [2.05, 4.69) is 15.6 Å². The van der Waals surface area contributed by atoms with Gasteiger partial charge in [-0.25, -0.2) is 23.1 Å². The molecule has 0 saturated heterocycles. The maximum absolute atomic E-state index is 15.1. The number of rotatable bonds is 9. The summed E-state index contributed by atoms with van der Waals surface area (Å²) >= 11 is 0. The van der Waals surface area contributed by atoms with Crippen molar-refractivity contribution < 1.29 is 23.4 Å². The molecule has 0 aliphatic heterocycles. The Bertz CT molecular complexity index is 1800. The molecule has 0 saturated carbocycles. The lowest BCUT2D eigenvalue weighted by Crippen LogP contribution is -2.42. The van der Waals surface area contributed by atoms with Crippen molar-refractivity contribution in [3.8, 4) is 17.2 Å². The quantitative estimate of drug-likeness (QED) is 0.145. The Balaban J connectivity index is 1.63. The van der Waals surface area contributed by atoms with Crippen LogP contribution in [-0.4, -0.2) is 43.6 Å². The number of carbonyl (C=O) groups excluding carboxylic acids is 1. The minimum absolute atomic E-state index is 0.0168. The fourth-order valence-corrected chi connectivity index (χ4v) is 4.05. The molecule has 0 fully saturated rings. The zero-order valence-corrected chi connectivity index (χ0v) is 23.4. The Morgan fingerprint density at radius 2 is 1.79 bits per heavy atom. The molecule has 2 heterocycles. The van der Waals surface area contributed by atoms with Gasteiger partial charge in [-0.1, -0.05) is 0 Å². The van der Waals surface area contributed by atoms with Gasteiger partial charge in [-0.3, -0.25) is 19.6 Å². The van der Waals surface area contributed by atoms with E-state index < -0.39 is 46.4 Å². The predicted octanol–water partition coefficient (Wildman–Crippen LogP) is 3.18. The van der Waals surface area contributed by atoms with Gasteiger partial charge in [0, 0.05) is 42.3 Å². The van der Waals surface area contributed by atoms with Gasteiger partial charge in [0.05, 0.1) is 12.3 Å². The highest BCUT2D eigenvalue weighted by Gasteiger charge is 2.21. The standard InChI is InChI=1S/C29H29F2N7O5/c1-15(2)37-13-20(28(41)38(29(37)42)19-7-4-17(30)5-8-19)27(40)36-18-6-9-22(21(31)12-18)43-23-10-11-34-25(32)24(23)26(33)35-16(3)14-39/h4-13,15-16,39H,14H2,1-3H3,(H2,32,34)(H2,33,35)(H,36,40)/t16-/m1/s1. The van der Waals surface area contributed by atoms with Crippen molar-refractivity contribution in [3.05, 3.63) is 105 Å². The number of anilines is 2. The lowest BCUT2D eigenvalue weighted by molar-refractivity contribution is 0.102. The molecule has 0 aliphatic rings. The van der Waals surface area contributed by atoms with Crippen LogP contribution in [-0.2, 0) is 0 Å². The number of aliphatic hydroxyl groups is 1. The van der Waals surface area contributed by atoms with E-state index in [9.17, 15) is 23.9 Å². The maximum Gasteiger partial charge on any atom is 0.335 e. The number of pyridine rings is 1. The number of hydrogen-bond acceptors (Lipinski definition) is 8. The zero-order chi connectivity index (χ0) is 31.4. The molecule has 0 unspecified atom stereocenters. The van der Waals surface area contributed by atoms with Crippen LogP contribution in [0.15, 0.2) is 70.5 Å². The first-order valence-electron chi connectivity index (χ1n) is 13.0. The number of nitrogens with two attached hydrogens (primary N) is 1. The number of nitrogens with zero attached hydrogens (tertiary/aromatic N) is 3. The number of amides is 1. The minimum Gasteiger partial charge on any atom is -0.453 e. The van der Waals surface area contributed by atoms with E-state index in [0.29, 0.717) is 0 Å². The fourth-order valence-electron chi connectivity index (χ4n) is 4.05. The highest BCUT2D eigenvalue weighted by molar-refractivity contribution is 6.04. The molecule has 1 amide bonds. The van der Waals surface area contributed by atoms with Crippen molar-refractivity contribution in [1.82, 2.24) is 19.4 Å². The summed E-state index contributed by atoms with van der Waals surface area (Å²) < 4.78 is 36.2. The Hall–Kier alpha value is -5.37. The molecule has 0 bridgehead atoms. The highest BCUT2D eigenvalue weighted by Crippen LogP contribution is 2.31. The molecule has 0 aliphatic carbocycles. The Morgan fingerprint density at radius 3 is 2.42 bits per heavy atom. The summed E-state index contributed by atoms with van der Waals surface area (Å²) in [7, 11) is 0. The molecule has 4 rings (SSSR count). The number of aromatic nitrogens is 3. The fraction of sp³-hybridized carbons (Fsp3) is 0.207. The summed E-state index contributed by atoms with van der Waals surface area (Å²) in [4.78, 5) is 43.4. The summed E-state index contributed by atoms with van der Waals surface area (Å²) in [5, 5.41) is 22.7. The normalized spacial score (nSPS) is 11.7. The first-order chi connectivity index (χ1) is 20.4. The molecule has 224 valence electrons. The van der Waals surface area contributed by atoms with Gasteiger partial charge in [0.2, 0.25) is 0 Å². The van der Waals surface area contributed by atoms with Crippen LogP contribution in [0.25, 0.3) is 5.69 Å². The van der Waals surface area contributed by atoms with Crippen LogP contribution in [0.4, 0.5) is 20.3 Å². The largest absolute Gasteiger partial charge is 0.453 e. The van der Waals surface area contributed by atoms with Gasteiger partial charge in [-0.15, -0.1) is 0 Å². The second kappa shape index (κ2) is 12.7. The number of benzene rings is 2. The molecule has 2 aromatic heterocycles. The zero-order valence-electron chi connectivity index (χ0n) is 23.4. The molecule has 6 N–H and O–H groups in total. The van der Waals surface area contributed by atoms with Crippen molar-refractivity contribution in [2.45, 2.75) is 32.9 Å². The number of carbonyl (C=O) groups is 1. The van der Waals surface area contributed by atoms with Gasteiger partial charge in [0.1, 0.15) is 34.3 Å². The van der Waals surface area contributed by atoms with E-state index >= 15 is 4.39 Å².